The fourth-order valence-electron chi connectivity index (χ4n) is 5.63. The van der Waals surface area contributed by atoms with Crippen LogP contribution in [0.3, 0.4) is 0 Å². The molecule has 2 amide bonds. The molecule has 0 unspecified atom stereocenters. The fourth-order valence-corrected chi connectivity index (χ4v) is 6.57. The molecule has 3 heterocycles. The van der Waals surface area contributed by atoms with Gasteiger partial charge in [-0.25, -0.2) is 9.37 Å². The van der Waals surface area contributed by atoms with Gasteiger partial charge in [0, 0.05) is 54.1 Å². The quantitative estimate of drug-likeness (QED) is 0.216. The minimum Gasteiger partial charge on any atom is -0.389 e. The van der Waals surface area contributed by atoms with Gasteiger partial charge in [-0.3, -0.25) is 14.6 Å². The topological polar surface area (TPSA) is 98.7 Å². The molecule has 2 N–H and O–H groups in total. The summed E-state index contributed by atoms with van der Waals surface area (Å²) < 4.78 is 14.6. The molecule has 3 atom stereocenters. The number of aryl methyl sites for hydroxylation is 1. The smallest absolute Gasteiger partial charge is 0.254 e. The number of nitrogens with zero attached hydrogens (tertiary/aromatic N) is 4. The van der Waals surface area contributed by atoms with E-state index in [2.05, 4.69) is 15.3 Å². The third-order valence-electron chi connectivity index (χ3n) is 8.20. The van der Waals surface area contributed by atoms with Crippen molar-refractivity contribution in [1.29, 1.82) is 0 Å². The molecule has 1 fully saturated rings. The maximum absolute atomic E-state index is 14.6. The van der Waals surface area contributed by atoms with E-state index in [9.17, 15) is 19.1 Å². The van der Waals surface area contributed by atoms with E-state index in [0.29, 0.717) is 35.3 Å². The van der Waals surface area contributed by atoms with E-state index < -0.39 is 17.8 Å². The number of aromatic nitrogens is 2. The van der Waals surface area contributed by atoms with Crippen LogP contribution in [0, 0.1) is 6.92 Å². The van der Waals surface area contributed by atoms with Gasteiger partial charge in [-0.05, 0) is 69.9 Å². The zero-order chi connectivity index (χ0) is 32.1. The van der Waals surface area contributed by atoms with Crippen molar-refractivity contribution in [3.05, 3.63) is 111 Å². The number of aliphatic hydroxyl groups excluding tert-OH is 1. The van der Waals surface area contributed by atoms with Crippen LogP contribution >= 0.6 is 11.3 Å². The summed E-state index contributed by atoms with van der Waals surface area (Å²) in [5.74, 6) is -0.515. The first-order chi connectivity index (χ1) is 21.5. The number of likely N-dealkylation sites (tertiary alicyclic amines) is 1. The number of carbonyl (C=O) groups excluding carboxylic acids is 2. The van der Waals surface area contributed by atoms with E-state index in [1.807, 2.05) is 47.5 Å². The Morgan fingerprint density at radius 3 is 2.60 bits per heavy atom. The number of likely N-dealkylation sites (N-methyl/N-ethyl adjacent to an activating group) is 1. The molecule has 2 aromatic carbocycles. The number of amides is 2. The van der Waals surface area contributed by atoms with Crippen molar-refractivity contribution in [3.63, 3.8) is 0 Å². The lowest BCUT2D eigenvalue weighted by atomic mass is 9.99. The molecule has 1 aliphatic heterocycles. The third kappa shape index (κ3) is 7.93. The van der Waals surface area contributed by atoms with Gasteiger partial charge in [0.25, 0.3) is 11.8 Å². The lowest BCUT2D eigenvalue weighted by molar-refractivity contribution is 0.0735. The first-order valence-electron chi connectivity index (χ1n) is 15.2. The Balaban J connectivity index is 1.32. The number of alkyl halides is 1. The van der Waals surface area contributed by atoms with Crippen molar-refractivity contribution >= 4 is 28.8 Å². The standard InChI is InChI=1S/C35H40FN5O3S/c1-23-22-45-33(38-23)30-14-9-15-41(30)34(44)26-13-8-12-25(17-26)32(43)39-29(16-24-10-6-5-7-11-24)31(42)21-40(4)28-18-27(19-37-20-28)35(2,3)36/h5-8,10-13,17-20,22,29-31,42H,9,14-16,21H2,1-4H3,(H,39,43)/t29-,30+,31+/m0/s1. The number of nitrogens with one attached hydrogen (secondary N) is 1. The maximum Gasteiger partial charge on any atom is 0.254 e. The minimum absolute atomic E-state index is 0.0667. The van der Waals surface area contributed by atoms with Gasteiger partial charge in [0.2, 0.25) is 0 Å². The van der Waals surface area contributed by atoms with Crippen molar-refractivity contribution in [2.75, 3.05) is 25.0 Å². The first kappa shape index (κ1) is 32.2. The van der Waals surface area contributed by atoms with E-state index >= 15 is 0 Å². The molecule has 5 rings (SSSR count). The van der Waals surface area contributed by atoms with Crippen LogP contribution in [0.15, 0.2) is 78.4 Å². The average molecular weight is 630 g/mol. The molecule has 1 aliphatic rings. The molecule has 45 heavy (non-hydrogen) atoms. The van der Waals surface area contributed by atoms with Crippen LogP contribution in [0.2, 0.25) is 0 Å². The summed E-state index contributed by atoms with van der Waals surface area (Å²) >= 11 is 1.57. The largest absolute Gasteiger partial charge is 0.389 e. The zero-order valence-corrected chi connectivity index (χ0v) is 26.9. The van der Waals surface area contributed by atoms with E-state index in [1.54, 1.807) is 59.8 Å². The normalized spacial score (nSPS) is 16.3. The second-order valence-electron chi connectivity index (χ2n) is 12.2. The van der Waals surface area contributed by atoms with Gasteiger partial charge in [0.1, 0.15) is 10.7 Å². The van der Waals surface area contributed by atoms with Crippen molar-refractivity contribution < 1.29 is 19.1 Å². The number of halogens is 1. The highest BCUT2D eigenvalue weighted by Crippen LogP contribution is 2.35. The number of aliphatic hydroxyl groups is 1. The molecule has 0 spiro atoms. The number of pyridine rings is 1. The molecule has 236 valence electrons. The monoisotopic (exact) mass is 629 g/mol. The summed E-state index contributed by atoms with van der Waals surface area (Å²) in [6.07, 6.45) is 4.29. The maximum atomic E-state index is 14.6. The third-order valence-corrected chi connectivity index (χ3v) is 9.26. The van der Waals surface area contributed by atoms with Crippen molar-refractivity contribution in [2.45, 2.75) is 63.9 Å². The van der Waals surface area contributed by atoms with Crippen LogP contribution in [-0.4, -0.2) is 64.1 Å². The SMILES string of the molecule is Cc1csc([C@H]2CCCN2C(=O)c2cccc(C(=O)N[C@@H](Cc3ccccc3)[C@H](O)CN(C)c3cncc(C(C)(C)F)c3)c2)n1. The predicted molar refractivity (Wildman–Crippen MR) is 175 cm³/mol. The number of anilines is 1. The molecule has 0 aliphatic carbocycles. The molecule has 10 heteroatoms. The first-order valence-corrected chi connectivity index (χ1v) is 16.1. The van der Waals surface area contributed by atoms with Crippen LogP contribution in [0.5, 0.6) is 0 Å². The van der Waals surface area contributed by atoms with E-state index in [0.717, 1.165) is 29.1 Å². The zero-order valence-electron chi connectivity index (χ0n) is 26.1. The molecule has 2 aromatic heterocycles. The molecule has 8 nitrogen and oxygen atoms in total. The molecular weight excluding hydrogens is 589 g/mol. The van der Waals surface area contributed by atoms with Gasteiger partial charge < -0.3 is 20.2 Å². The van der Waals surface area contributed by atoms with E-state index in [4.69, 9.17) is 0 Å². The van der Waals surface area contributed by atoms with Gasteiger partial charge in [-0.15, -0.1) is 11.3 Å². The van der Waals surface area contributed by atoms with Crippen molar-refractivity contribution in [2.24, 2.45) is 0 Å². The Kier molecular flexibility index (Phi) is 9.94. The lowest BCUT2D eigenvalue weighted by Crippen LogP contribution is -2.49. The Bertz CT molecular complexity index is 1620. The Morgan fingerprint density at radius 2 is 1.89 bits per heavy atom. The van der Waals surface area contributed by atoms with Gasteiger partial charge in [0.05, 0.1) is 30.1 Å². The number of thiazole rings is 1. The summed E-state index contributed by atoms with van der Waals surface area (Å²) in [5.41, 5.74) is 2.20. The van der Waals surface area contributed by atoms with Gasteiger partial charge >= 0.3 is 0 Å². The summed E-state index contributed by atoms with van der Waals surface area (Å²) in [4.78, 5) is 39.7. The second-order valence-corrected chi connectivity index (χ2v) is 13.1. The van der Waals surface area contributed by atoms with E-state index in [1.165, 1.54) is 20.0 Å². The van der Waals surface area contributed by atoms with Gasteiger partial charge in [-0.2, -0.15) is 0 Å². The summed E-state index contributed by atoms with van der Waals surface area (Å²) in [6, 6.07) is 17.4. The molecule has 0 bridgehead atoms. The highest BCUT2D eigenvalue weighted by Gasteiger charge is 2.33. The molecule has 1 saturated heterocycles. The molecule has 0 radical (unpaired) electrons. The van der Waals surface area contributed by atoms with Crippen LogP contribution in [-0.2, 0) is 12.1 Å². The van der Waals surface area contributed by atoms with Crippen LogP contribution in [0.25, 0.3) is 0 Å². The molecule has 4 aromatic rings. The van der Waals surface area contributed by atoms with Gasteiger partial charge in [-0.1, -0.05) is 36.4 Å². The molecular formula is C35H40FN5O3S. The number of benzene rings is 2. The van der Waals surface area contributed by atoms with Crippen LogP contribution in [0.4, 0.5) is 10.1 Å². The highest BCUT2D eigenvalue weighted by molar-refractivity contribution is 7.09. The molecule has 0 saturated carbocycles. The number of hydrogen-bond acceptors (Lipinski definition) is 7. The Hall–Kier alpha value is -4.15. The van der Waals surface area contributed by atoms with Crippen LogP contribution < -0.4 is 10.2 Å². The Labute approximate surface area is 268 Å². The van der Waals surface area contributed by atoms with E-state index in [-0.39, 0.29) is 24.4 Å². The lowest BCUT2D eigenvalue weighted by Gasteiger charge is -2.29. The number of hydrogen-bond donors (Lipinski definition) is 2. The highest BCUT2D eigenvalue weighted by atomic mass is 32.1. The van der Waals surface area contributed by atoms with Crippen molar-refractivity contribution in [1.82, 2.24) is 20.2 Å². The second kappa shape index (κ2) is 13.9. The summed E-state index contributed by atoms with van der Waals surface area (Å²) in [7, 11) is 1.80. The summed E-state index contributed by atoms with van der Waals surface area (Å²) in [5, 5.41) is 17.4. The number of rotatable bonds is 11. The predicted octanol–water partition coefficient (Wildman–Crippen LogP) is 5.87. The minimum atomic E-state index is -1.56. The average Bonchev–Trinajstić information content (AvgIpc) is 3.69. The fraction of sp³-hybridized carbons (Fsp3) is 0.371. The summed E-state index contributed by atoms with van der Waals surface area (Å²) in [6.45, 7) is 5.70. The van der Waals surface area contributed by atoms with Crippen LogP contribution in [0.1, 0.15) is 75.3 Å². The van der Waals surface area contributed by atoms with Gasteiger partial charge in [0.15, 0.2) is 0 Å². The number of carbonyl (C=O) groups is 2. The Morgan fingerprint density at radius 1 is 1.13 bits per heavy atom. The van der Waals surface area contributed by atoms with Crippen molar-refractivity contribution in [3.8, 4) is 0 Å².